The molecule has 27 heavy (non-hydrogen) atoms. The number of pyridine rings is 2. The lowest BCUT2D eigenvalue weighted by atomic mass is 10.1. The Balaban J connectivity index is 1.68. The van der Waals surface area contributed by atoms with Crippen molar-refractivity contribution in [2.45, 2.75) is 0 Å². The van der Waals surface area contributed by atoms with Gasteiger partial charge in [0, 0.05) is 39.7 Å². The number of amides is 1. The highest BCUT2D eigenvalue weighted by molar-refractivity contribution is 9.10. The lowest BCUT2D eigenvalue weighted by Crippen LogP contribution is -2.17. The second kappa shape index (κ2) is 7.55. The predicted octanol–water partition coefficient (Wildman–Crippen LogP) is 4.53. The number of carbonyl (C=O) groups excluding carboxylic acids is 1. The van der Waals surface area contributed by atoms with Gasteiger partial charge in [0.2, 0.25) is 0 Å². The quantitative estimate of drug-likeness (QED) is 0.391. The number of rotatable bonds is 4. The molecule has 0 unspecified atom stereocenters. The summed E-state index contributed by atoms with van der Waals surface area (Å²) in [6, 6.07) is 19.5. The van der Waals surface area contributed by atoms with E-state index in [-0.39, 0.29) is 5.91 Å². The van der Waals surface area contributed by atoms with E-state index in [0.29, 0.717) is 5.56 Å². The van der Waals surface area contributed by atoms with Crippen LogP contribution in [0.25, 0.3) is 16.6 Å². The molecule has 0 fully saturated rings. The van der Waals surface area contributed by atoms with Crippen LogP contribution >= 0.6 is 15.9 Å². The molecule has 3 heterocycles. The van der Waals surface area contributed by atoms with Crippen LogP contribution in [0.2, 0.25) is 0 Å². The van der Waals surface area contributed by atoms with Crippen LogP contribution in [0.1, 0.15) is 16.1 Å². The summed E-state index contributed by atoms with van der Waals surface area (Å²) in [5.74, 6) is -0.278. The van der Waals surface area contributed by atoms with E-state index >= 15 is 0 Å². The van der Waals surface area contributed by atoms with Crippen molar-refractivity contribution < 1.29 is 4.79 Å². The van der Waals surface area contributed by atoms with Crippen molar-refractivity contribution in [3.8, 4) is 11.1 Å². The van der Waals surface area contributed by atoms with Crippen LogP contribution < -0.4 is 5.43 Å². The Bertz CT molecular complexity index is 1120. The summed E-state index contributed by atoms with van der Waals surface area (Å²) in [6.45, 7) is 0. The van der Waals surface area contributed by atoms with Crippen LogP contribution in [0.3, 0.4) is 0 Å². The van der Waals surface area contributed by atoms with Crippen molar-refractivity contribution >= 4 is 33.6 Å². The molecule has 3 aromatic heterocycles. The number of hydrogen-bond acceptors (Lipinski definition) is 3. The average molecular weight is 419 g/mol. The first-order valence-corrected chi connectivity index (χ1v) is 9.11. The third kappa shape index (κ3) is 3.66. The number of aromatic nitrogens is 2. The van der Waals surface area contributed by atoms with Gasteiger partial charge in [-0.25, -0.2) is 5.43 Å². The monoisotopic (exact) mass is 418 g/mol. The predicted molar refractivity (Wildman–Crippen MR) is 110 cm³/mol. The SMILES string of the molecule is O=C(N/N=C\c1c(-c2ccc(Br)cc2)cc2ccccn12)c1ccncc1. The second-order valence-electron chi connectivity index (χ2n) is 5.88. The Kier molecular flexibility index (Phi) is 4.80. The van der Waals surface area contributed by atoms with Crippen molar-refractivity contribution in [1.29, 1.82) is 0 Å². The molecule has 6 heteroatoms. The van der Waals surface area contributed by atoms with Crippen LogP contribution in [0.15, 0.2) is 88.8 Å². The lowest BCUT2D eigenvalue weighted by molar-refractivity contribution is 0.0955. The summed E-state index contributed by atoms with van der Waals surface area (Å²) >= 11 is 3.47. The van der Waals surface area contributed by atoms with Crippen molar-refractivity contribution in [3.05, 3.63) is 95.0 Å². The van der Waals surface area contributed by atoms with Gasteiger partial charge in [-0.2, -0.15) is 5.10 Å². The maximum absolute atomic E-state index is 12.2. The summed E-state index contributed by atoms with van der Waals surface area (Å²) in [5, 5.41) is 4.17. The van der Waals surface area contributed by atoms with Crippen molar-refractivity contribution in [2.24, 2.45) is 5.10 Å². The first kappa shape index (κ1) is 17.2. The first-order chi connectivity index (χ1) is 13.2. The van der Waals surface area contributed by atoms with Crippen LogP contribution in [0, 0.1) is 0 Å². The number of carbonyl (C=O) groups is 1. The summed E-state index contributed by atoms with van der Waals surface area (Å²) in [5.41, 5.74) is 7.14. The van der Waals surface area contributed by atoms with E-state index < -0.39 is 0 Å². The maximum Gasteiger partial charge on any atom is 0.271 e. The number of fused-ring (bicyclic) bond motifs is 1. The summed E-state index contributed by atoms with van der Waals surface area (Å²) in [4.78, 5) is 16.1. The maximum atomic E-state index is 12.2. The van der Waals surface area contributed by atoms with E-state index in [9.17, 15) is 4.79 Å². The Labute approximate surface area is 164 Å². The van der Waals surface area contributed by atoms with Gasteiger partial charge in [0.15, 0.2) is 0 Å². The molecule has 0 saturated carbocycles. The minimum Gasteiger partial charge on any atom is -0.315 e. The van der Waals surface area contributed by atoms with Gasteiger partial charge in [0.1, 0.15) is 0 Å². The van der Waals surface area contributed by atoms with Crippen molar-refractivity contribution in [3.63, 3.8) is 0 Å². The summed E-state index contributed by atoms with van der Waals surface area (Å²) in [6.07, 6.45) is 6.79. The molecule has 4 aromatic rings. The molecule has 1 N–H and O–H groups in total. The topological polar surface area (TPSA) is 58.8 Å². The highest BCUT2D eigenvalue weighted by atomic mass is 79.9. The Morgan fingerprint density at radius 3 is 2.63 bits per heavy atom. The summed E-state index contributed by atoms with van der Waals surface area (Å²) < 4.78 is 3.06. The molecule has 0 saturated heterocycles. The number of benzene rings is 1. The van der Waals surface area contributed by atoms with E-state index in [1.54, 1.807) is 30.7 Å². The average Bonchev–Trinajstić information content (AvgIpc) is 3.08. The van der Waals surface area contributed by atoms with Gasteiger partial charge < -0.3 is 4.40 Å². The molecule has 132 valence electrons. The lowest BCUT2D eigenvalue weighted by Gasteiger charge is -2.03. The normalized spacial score (nSPS) is 11.1. The molecule has 0 atom stereocenters. The molecule has 0 bridgehead atoms. The van der Waals surface area contributed by atoms with Crippen LogP contribution in [0.4, 0.5) is 0 Å². The number of halogens is 1. The molecule has 4 rings (SSSR count). The number of nitrogens with zero attached hydrogens (tertiary/aromatic N) is 3. The second-order valence-corrected chi connectivity index (χ2v) is 6.80. The van der Waals surface area contributed by atoms with Crippen molar-refractivity contribution in [1.82, 2.24) is 14.8 Å². The van der Waals surface area contributed by atoms with Gasteiger partial charge in [-0.1, -0.05) is 34.1 Å². The minimum absolute atomic E-state index is 0.278. The van der Waals surface area contributed by atoms with Gasteiger partial charge in [0.25, 0.3) is 5.91 Å². The molecule has 5 nitrogen and oxygen atoms in total. The van der Waals surface area contributed by atoms with Gasteiger partial charge in [-0.3, -0.25) is 9.78 Å². The third-order valence-corrected chi connectivity index (χ3v) is 4.70. The first-order valence-electron chi connectivity index (χ1n) is 8.32. The Hall–Kier alpha value is -3.25. The fraction of sp³-hybridized carbons (Fsp3) is 0. The summed E-state index contributed by atoms with van der Waals surface area (Å²) in [7, 11) is 0. The van der Waals surface area contributed by atoms with Gasteiger partial charge in [-0.05, 0) is 48.0 Å². The fourth-order valence-corrected chi connectivity index (χ4v) is 3.12. The number of hydrogen-bond donors (Lipinski definition) is 1. The largest absolute Gasteiger partial charge is 0.315 e. The zero-order valence-electron chi connectivity index (χ0n) is 14.2. The Morgan fingerprint density at radius 2 is 1.85 bits per heavy atom. The van der Waals surface area contributed by atoms with Crippen molar-refractivity contribution in [2.75, 3.05) is 0 Å². The highest BCUT2D eigenvalue weighted by Gasteiger charge is 2.11. The fourth-order valence-electron chi connectivity index (χ4n) is 2.86. The zero-order chi connectivity index (χ0) is 18.6. The van der Waals surface area contributed by atoms with E-state index in [4.69, 9.17) is 0 Å². The number of hydrazone groups is 1. The number of nitrogens with one attached hydrogen (secondary N) is 1. The smallest absolute Gasteiger partial charge is 0.271 e. The molecule has 0 aliphatic rings. The van der Waals surface area contributed by atoms with E-state index in [1.165, 1.54) is 0 Å². The van der Waals surface area contributed by atoms with Gasteiger partial charge in [-0.15, -0.1) is 0 Å². The van der Waals surface area contributed by atoms with E-state index in [1.807, 2.05) is 53.1 Å². The molecule has 0 aliphatic carbocycles. The molecule has 0 aliphatic heterocycles. The van der Waals surface area contributed by atoms with Crippen LogP contribution in [-0.4, -0.2) is 21.5 Å². The standard InChI is InChI=1S/C21H15BrN4O/c22-17-6-4-15(5-7-17)19-13-18-3-1-2-12-26(18)20(19)14-24-25-21(27)16-8-10-23-11-9-16/h1-14H,(H,25,27)/b24-14-. The van der Waals surface area contributed by atoms with Crippen LogP contribution in [0.5, 0.6) is 0 Å². The zero-order valence-corrected chi connectivity index (χ0v) is 15.8. The minimum atomic E-state index is -0.278. The molecular formula is C21H15BrN4O. The van der Waals surface area contributed by atoms with Gasteiger partial charge in [0.05, 0.1) is 11.9 Å². The molecule has 1 amide bonds. The molecule has 0 radical (unpaired) electrons. The van der Waals surface area contributed by atoms with Crippen LogP contribution in [-0.2, 0) is 0 Å². The van der Waals surface area contributed by atoms with Gasteiger partial charge >= 0.3 is 0 Å². The third-order valence-electron chi connectivity index (χ3n) is 4.17. The molecular weight excluding hydrogens is 404 g/mol. The highest BCUT2D eigenvalue weighted by Crippen LogP contribution is 2.28. The van der Waals surface area contributed by atoms with E-state index in [2.05, 4.69) is 37.5 Å². The Morgan fingerprint density at radius 1 is 1.07 bits per heavy atom. The molecule has 0 spiro atoms. The van der Waals surface area contributed by atoms with E-state index in [0.717, 1.165) is 26.8 Å². The molecule has 1 aromatic carbocycles.